The van der Waals surface area contributed by atoms with Crippen molar-refractivity contribution >= 4 is 11.6 Å². The summed E-state index contributed by atoms with van der Waals surface area (Å²) in [6.45, 7) is 8.77. The quantitative estimate of drug-likeness (QED) is 0.291. The Morgan fingerprint density at radius 1 is 1.07 bits per heavy atom. The summed E-state index contributed by atoms with van der Waals surface area (Å²) in [5.41, 5.74) is -1.02. The van der Waals surface area contributed by atoms with Crippen LogP contribution in [0, 0.1) is 17.0 Å². The van der Waals surface area contributed by atoms with Crippen molar-refractivity contribution in [1.82, 2.24) is 10.1 Å². The van der Waals surface area contributed by atoms with Gasteiger partial charge in [0, 0.05) is 56.4 Å². The second-order valence-electron chi connectivity index (χ2n) is 12.3. The number of methoxy groups -OCH3 is 1. The molecule has 0 atom stereocenters. The molecule has 2 heterocycles. The predicted octanol–water partition coefficient (Wildman–Crippen LogP) is 5.60. The van der Waals surface area contributed by atoms with Gasteiger partial charge in [0.1, 0.15) is 28.9 Å². The SMILES string of the molecule is COc1cccc(C(C)(C)CC(=O)CC2(CC(=O)c3cc(-c4ccc(F)cc4F)on3)CN(CC(C)(C)O)C2)c1. The van der Waals surface area contributed by atoms with Gasteiger partial charge in [0.25, 0.3) is 0 Å². The zero-order chi connectivity index (χ0) is 29.3. The van der Waals surface area contributed by atoms with Crippen LogP contribution >= 0.6 is 0 Å². The largest absolute Gasteiger partial charge is 0.497 e. The summed E-state index contributed by atoms with van der Waals surface area (Å²) in [7, 11) is 1.60. The van der Waals surface area contributed by atoms with E-state index in [9.17, 15) is 23.5 Å². The number of carbonyl (C=O) groups is 2. The highest BCUT2D eigenvalue weighted by Gasteiger charge is 2.47. The predicted molar refractivity (Wildman–Crippen MR) is 146 cm³/mol. The zero-order valence-corrected chi connectivity index (χ0v) is 23.6. The third-order valence-corrected chi connectivity index (χ3v) is 7.32. The average molecular weight is 555 g/mol. The van der Waals surface area contributed by atoms with Crippen LogP contribution in [0.4, 0.5) is 8.78 Å². The van der Waals surface area contributed by atoms with Crippen LogP contribution < -0.4 is 4.74 Å². The Labute approximate surface area is 233 Å². The molecule has 1 aromatic heterocycles. The van der Waals surface area contributed by atoms with E-state index in [-0.39, 0.29) is 47.8 Å². The molecule has 0 aliphatic carbocycles. The van der Waals surface area contributed by atoms with Crippen LogP contribution in [-0.4, -0.2) is 59.1 Å². The van der Waals surface area contributed by atoms with Gasteiger partial charge in [0.2, 0.25) is 0 Å². The number of carbonyl (C=O) groups excluding carboxylic acids is 2. The molecule has 1 fully saturated rings. The molecule has 0 spiro atoms. The number of likely N-dealkylation sites (tertiary alicyclic amines) is 1. The minimum absolute atomic E-state index is 0.00221. The number of aromatic nitrogens is 1. The Morgan fingerprint density at radius 3 is 2.45 bits per heavy atom. The highest BCUT2D eigenvalue weighted by Crippen LogP contribution is 2.41. The summed E-state index contributed by atoms with van der Waals surface area (Å²) in [6, 6.07) is 12.0. The number of nitrogens with zero attached hydrogens (tertiary/aromatic N) is 2. The lowest BCUT2D eigenvalue weighted by Gasteiger charge is -2.51. The van der Waals surface area contributed by atoms with E-state index < -0.39 is 28.1 Å². The highest BCUT2D eigenvalue weighted by molar-refractivity contribution is 5.96. The first-order valence-corrected chi connectivity index (χ1v) is 13.2. The van der Waals surface area contributed by atoms with Crippen LogP contribution in [0.25, 0.3) is 11.3 Å². The van der Waals surface area contributed by atoms with Gasteiger partial charge in [-0.05, 0) is 49.1 Å². The van der Waals surface area contributed by atoms with Gasteiger partial charge in [-0.3, -0.25) is 14.5 Å². The fraction of sp³-hybridized carbons (Fsp3) is 0.452. The van der Waals surface area contributed by atoms with E-state index in [0.29, 0.717) is 25.4 Å². The Morgan fingerprint density at radius 2 is 1.80 bits per heavy atom. The maximum absolute atomic E-state index is 14.2. The smallest absolute Gasteiger partial charge is 0.185 e. The monoisotopic (exact) mass is 554 g/mol. The van der Waals surface area contributed by atoms with Gasteiger partial charge >= 0.3 is 0 Å². The lowest BCUT2D eigenvalue weighted by molar-refractivity contribution is -0.127. The summed E-state index contributed by atoms with van der Waals surface area (Å²) in [5.74, 6) is -1.12. The number of rotatable bonds is 12. The minimum Gasteiger partial charge on any atom is -0.497 e. The first kappa shape index (κ1) is 29.6. The number of ketones is 2. The Hall–Kier alpha value is -3.43. The van der Waals surface area contributed by atoms with Gasteiger partial charge in [-0.15, -0.1) is 0 Å². The van der Waals surface area contributed by atoms with Gasteiger partial charge in [0.15, 0.2) is 11.5 Å². The third-order valence-electron chi connectivity index (χ3n) is 7.32. The number of aliphatic hydroxyl groups is 1. The summed E-state index contributed by atoms with van der Waals surface area (Å²) in [6.07, 6.45) is 0.504. The Bertz CT molecular complexity index is 1390. The van der Waals surface area contributed by atoms with Gasteiger partial charge in [-0.1, -0.05) is 31.1 Å². The molecule has 0 unspecified atom stereocenters. The van der Waals surface area contributed by atoms with E-state index in [2.05, 4.69) is 5.16 Å². The number of hydrogen-bond donors (Lipinski definition) is 1. The molecule has 1 aliphatic rings. The number of hydrogen-bond acceptors (Lipinski definition) is 7. The molecular weight excluding hydrogens is 518 g/mol. The summed E-state index contributed by atoms with van der Waals surface area (Å²) in [5, 5.41) is 14.1. The number of benzene rings is 2. The normalized spacial score (nSPS) is 15.5. The fourth-order valence-electron chi connectivity index (χ4n) is 5.62. The second-order valence-corrected chi connectivity index (χ2v) is 12.3. The molecule has 40 heavy (non-hydrogen) atoms. The third kappa shape index (κ3) is 7.01. The van der Waals surface area contributed by atoms with Crippen molar-refractivity contribution in [2.75, 3.05) is 26.7 Å². The van der Waals surface area contributed by atoms with Crippen molar-refractivity contribution in [3.8, 4) is 17.1 Å². The molecule has 3 aromatic rings. The molecule has 2 aromatic carbocycles. The fourth-order valence-corrected chi connectivity index (χ4v) is 5.62. The van der Waals surface area contributed by atoms with Gasteiger partial charge in [-0.25, -0.2) is 8.78 Å². The minimum atomic E-state index is -0.922. The van der Waals surface area contributed by atoms with E-state index >= 15 is 0 Å². The molecule has 1 saturated heterocycles. The van der Waals surface area contributed by atoms with Crippen molar-refractivity contribution in [2.45, 2.75) is 58.0 Å². The van der Waals surface area contributed by atoms with Gasteiger partial charge < -0.3 is 14.4 Å². The van der Waals surface area contributed by atoms with Crippen LogP contribution in [0.1, 0.15) is 63.0 Å². The van der Waals surface area contributed by atoms with Gasteiger partial charge in [-0.2, -0.15) is 0 Å². The topological polar surface area (TPSA) is 92.9 Å². The molecule has 7 nitrogen and oxygen atoms in total. The standard InChI is InChI=1S/C31H36F2N2O5/c1-29(2,20-7-6-8-23(11-20)39-5)14-22(36)15-31(18-35(19-31)17-30(3,4)38)16-27(37)26-13-28(40-34-26)24-10-9-21(32)12-25(24)33/h6-13,38H,14-19H2,1-5H3. The van der Waals surface area contributed by atoms with Crippen molar-refractivity contribution in [3.05, 3.63) is 71.4 Å². The molecule has 9 heteroatoms. The molecule has 0 radical (unpaired) electrons. The molecule has 0 bridgehead atoms. The highest BCUT2D eigenvalue weighted by atomic mass is 19.1. The maximum Gasteiger partial charge on any atom is 0.185 e. The first-order chi connectivity index (χ1) is 18.7. The summed E-state index contributed by atoms with van der Waals surface area (Å²) >= 11 is 0. The Kier molecular flexibility index (Phi) is 8.28. The summed E-state index contributed by atoms with van der Waals surface area (Å²) < 4.78 is 38.1. The molecule has 0 saturated carbocycles. The van der Waals surface area contributed by atoms with Crippen molar-refractivity contribution < 1.29 is 32.7 Å². The number of β-amino-alcohol motifs (C(OH)–C–C–N with tert-alkyl or cyclic N) is 1. The lowest BCUT2D eigenvalue weighted by atomic mass is 9.69. The van der Waals surface area contributed by atoms with E-state index in [0.717, 1.165) is 17.7 Å². The van der Waals surface area contributed by atoms with Crippen molar-refractivity contribution in [2.24, 2.45) is 5.41 Å². The lowest BCUT2D eigenvalue weighted by Crippen LogP contribution is -2.60. The molecule has 1 aliphatic heterocycles. The van der Waals surface area contributed by atoms with Crippen LogP contribution in [0.3, 0.4) is 0 Å². The van der Waals surface area contributed by atoms with Crippen molar-refractivity contribution in [1.29, 1.82) is 0 Å². The number of halogens is 2. The second kappa shape index (κ2) is 11.2. The number of ether oxygens (including phenoxy) is 1. The van der Waals surface area contributed by atoms with Gasteiger partial charge in [0.05, 0.1) is 18.3 Å². The van der Waals surface area contributed by atoms with Crippen LogP contribution in [0.15, 0.2) is 53.1 Å². The van der Waals surface area contributed by atoms with E-state index in [1.165, 1.54) is 12.1 Å². The van der Waals surface area contributed by atoms with Crippen LogP contribution in [0.5, 0.6) is 5.75 Å². The molecular formula is C31H36F2N2O5. The molecule has 4 rings (SSSR count). The summed E-state index contributed by atoms with van der Waals surface area (Å²) in [4.78, 5) is 28.8. The maximum atomic E-state index is 14.2. The van der Waals surface area contributed by atoms with Crippen LogP contribution in [-0.2, 0) is 10.2 Å². The first-order valence-electron chi connectivity index (χ1n) is 13.2. The zero-order valence-electron chi connectivity index (χ0n) is 23.6. The average Bonchev–Trinajstić information content (AvgIpc) is 3.32. The molecule has 1 N–H and O–H groups in total. The van der Waals surface area contributed by atoms with Crippen molar-refractivity contribution in [3.63, 3.8) is 0 Å². The number of Topliss-reactive ketones (excluding diaryl/α,β-unsaturated/α-hetero) is 2. The van der Waals surface area contributed by atoms with Crippen LogP contribution in [0.2, 0.25) is 0 Å². The molecule has 0 amide bonds. The molecule has 214 valence electrons. The van der Waals surface area contributed by atoms with E-state index in [4.69, 9.17) is 9.26 Å². The van der Waals surface area contributed by atoms with E-state index in [1.54, 1.807) is 21.0 Å². The van der Waals surface area contributed by atoms with E-state index in [1.807, 2.05) is 43.0 Å². The Balaban J connectivity index is 1.50.